The molecule has 0 aliphatic rings. The Labute approximate surface area is 170 Å². The number of nitrogens with one attached hydrogen (secondary N) is 1. The first-order valence-corrected chi connectivity index (χ1v) is 10.7. The average molecular weight is 397 g/mol. The van der Waals surface area contributed by atoms with Crippen molar-refractivity contribution >= 4 is 22.6 Å². The largest absolute Gasteiger partial charge is 0.313 e. The van der Waals surface area contributed by atoms with Crippen molar-refractivity contribution in [2.75, 3.05) is 6.26 Å². The molecule has 0 amide bonds. The number of nitrogens with zero attached hydrogens (tertiary/aromatic N) is 3. The Morgan fingerprint density at radius 1 is 1.04 bits per heavy atom. The van der Waals surface area contributed by atoms with Crippen molar-refractivity contribution in [1.29, 1.82) is 5.41 Å². The predicted molar refractivity (Wildman–Crippen MR) is 121 cm³/mol. The molecular weight excluding hydrogens is 368 g/mol. The van der Waals surface area contributed by atoms with Crippen molar-refractivity contribution in [3.8, 4) is 22.5 Å². The van der Waals surface area contributed by atoms with Crippen LogP contribution in [0.15, 0.2) is 71.7 Å². The second-order valence-corrected chi connectivity index (χ2v) is 6.57. The van der Waals surface area contributed by atoms with E-state index in [1.807, 2.05) is 79.2 Å². The molecule has 2 aromatic carbocycles. The zero-order chi connectivity index (χ0) is 20.8. The van der Waals surface area contributed by atoms with Gasteiger partial charge < -0.3 is 5.41 Å². The summed E-state index contributed by atoms with van der Waals surface area (Å²) in [5.41, 5.74) is 5.47. The fraction of sp³-hybridized carbons (Fsp3) is 0.227. The molecule has 1 unspecified atom stereocenters. The minimum atomic E-state index is -1.05. The van der Waals surface area contributed by atoms with Crippen LogP contribution in [0.1, 0.15) is 20.8 Å². The molecule has 1 heterocycles. The number of aliphatic imine (C=N–C) groups is 1. The molecule has 0 radical (unpaired) electrons. The molecule has 28 heavy (non-hydrogen) atoms. The zero-order valence-corrected chi connectivity index (χ0v) is 17.7. The summed E-state index contributed by atoms with van der Waals surface area (Å²) < 4.78 is 13.0. The van der Waals surface area contributed by atoms with E-state index in [4.69, 9.17) is 5.41 Å². The van der Waals surface area contributed by atoms with E-state index in [1.165, 1.54) is 11.8 Å². The van der Waals surface area contributed by atoms with Crippen molar-refractivity contribution < 1.29 is 4.21 Å². The van der Waals surface area contributed by atoms with E-state index in [9.17, 15) is 4.21 Å². The lowest BCUT2D eigenvalue weighted by Gasteiger charge is -2.04. The van der Waals surface area contributed by atoms with E-state index in [2.05, 4.69) is 16.2 Å². The van der Waals surface area contributed by atoms with Gasteiger partial charge in [0.05, 0.1) is 27.7 Å². The molecule has 0 bridgehead atoms. The first-order chi connectivity index (χ1) is 13.7. The van der Waals surface area contributed by atoms with Crippen LogP contribution >= 0.6 is 0 Å². The standard InChI is InChI=1S/C18H17N3OS.C2H5N.C2H6/c1-23(22)14-19-13-21-18(16-10-6-3-7-11-16)12-17(20-21)15-8-4-2-5-9-15;1-2-3;1-2/h2-12,14H,13H2,1H3;2-3H,1H3;1-2H3/b19-14+;;. The van der Waals surface area contributed by atoms with Crippen molar-refractivity contribution in [1.82, 2.24) is 9.78 Å². The molecule has 3 rings (SSSR count). The number of hydrogen-bond acceptors (Lipinski definition) is 4. The van der Waals surface area contributed by atoms with Gasteiger partial charge in [-0.3, -0.25) is 9.20 Å². The molecule has 6 heteroatoms. The maximum atomic E-state index is 11.1. The maximum absolute atomic E-state index is 11.1. The lowest BCUT2D eigenvalue weighted by atomic mass is 10.1. The van der Waals surface area contributed by atoms with Gasteiger partial charge in [-0.2, -0.15) is 5.10 Å². The summed E-state index contributed by atoms with van der Waals surface area (Å²) in [5, 5.41) is 10.7. The Morgan fingerprint density at radius 2 is 1.54 bits per heavy atom. The summed E-state index contributed by atoms with van der Waals surface area (Å²) in [6.07, 6.45) is 2.85. The van der Waals surface area contributed by atoms with Crippen molar-refractivity contribution in [2.24, 2.45) is 4.99 Å². The number of hydrogen-bond donors (Lipinski definition) is 1. The van der Waals surface area contributed by atoms with Crippen LogP contribution in [0.2, 0.25) is 0 Å². The third-order valence-corrected chi connectivity index (χ3v) is 3.80. The molecule has 0 spiro atoms. The van der Waals surface area contributed by atoms with Crippen LogP contribution in [0.3, 0.4) is 0 Å². The molecule has 0 aliphatic heterocycles. The smallest absolute Gasteiger partial charge is 0.132 e. The molecule has 1 atom stereocenters. The number of benzene rings is 2. The van der Waals surface area contributed by atoms with Gasteiger partial charge in [-0.05, 0) is 24.8 Å². The van der Waals surface area contributed by atoms with E-state index in [0.29, 0.717) is 6.67 Å². The topological polar surface area (TPSA) is 71.1 Å². The third-order valence-electron chi connectivity index (χ3n) is 3.36. The van der Waals surface area contributed by atoms with Crippen LogP contribution in [-0.2, 0) is 17.5 Å². The van der Waals surface area contributed by atoms with Gasteiger partial charge in [0.1, 0.15) is 6.67 Å². The van der Waals surface area contributed by atoms with Crippen LogP contribution in [-0.4, -0.2) is 32.0 Å². The molecular formula is C22H28N4OS. The van der Waals surface area contributed by atoms with Crippen LogP contribution in [0.25, 0.3) is 22.5 Å². The molecule has 0 fully saturated rings. The summed E-state index contributed by atoms with van der Waals surface area (Å²) in [5.74, 6) is 0. The lowest BCUT2D eigenvalue weighted by molar-refractivity contribution is 0.651. The predicted octanol–water partition coefficient (Wildman–Crippen LogP) is 5.26. The summed E-state index contributed by atoms with van der Waals surface area (Å²) >= 11 is 0. The Bertz CT molecular complexity index is 874. The minimum Gasteiger partial charge on any atom is -0.313 e. The highest BCUT2D eigenvalue weighted by Gasteiger charge is 2.10. The number of rotatable bonds is 5. The zero-order valence-electron chi connectivity index (χ0n) is 16.9. The Morgan fingerprint density at radius 3 is 2.04 bits per heavy atom. The monoisotopic (exact) mass is 396 g/mol. The first-order valence-electron chi connectivity index (χ1n) is 9.11. The molecule has 0 aliphatic carbocycles. The quantitative estimate of drug-likeness (QED) is 0.472. The second-order valence-electron chi connectivity index (χ2n) is 5.36. The van der Waals surface area contributed by atoms with Gasteiger partial charge in [0.25, 0.3) is 0 Å². The van der Waals surface area contributed by atoms with Gasteiger partial charge in [0.15, 0.2) is 0 Å². The highest BCUT2D eigenvalue weighted by Crippen LogP contribution is 2.26. The lowest BCUT2D eigenvalue weighted by Crippen LogP contribution is -2.01. The van der Waals surface area contributed by atoms with Gasteiger partial charge in [0, 0.05) is 11.8 Å². The van der Waals surface area contributed by atoms with Gasteiger partial charge in [-0.15, -0.1) is 0 Å². The molecule has 3 aromatic rings. The van der Waals surface area contributed by atoms with Crippen molar-refractivity contribution in [3.05, 3.63) is 66.7 Å². The van der Waals surface area contributed by atoms with Crippen molar-refractivity contribution in [2.45, 2.75) is 27.4 Å². The summed E-state index contributed by atoms with van der Waals surface area (Å²) in [4.78, 5) is 4.21. The average Bonchev–Trinajstić information content (AvgIpc) is 3.15. The van der Waals surface area contributed by atoms with Gasteiger partial charge in [-0.1, -0.05) is 74.5 Å². The summed E-state index contributed by atoms with van der Waals surface area (Å²) in [6.45, 7) is 6.01. The van der Waals surface area contributed by atoms with Gasteiger partial charge >= 0.3 is 0 Å². The molecule has 0 saturated carbocycles. The Balaban J connectivity index is 0.000000717. The summed E-state index contributed by atoms with van der Waals surface area (Å²) in [7, 11) is -1.05. The van der Waals surface area contributed by atoms with Gasteiger partial charge in [0.2, 0.25) is 0 Å². The SMILES string of the molecule is CC.CC=N.CS(=O)/C=N/Cn1nc(-c2ccccc2)cc1-c1ccccc1. The Hall–Kier alpha value is -2.86. The van der Waals surface area contributed by atoms with Crippen LogP contribution in [0.4, 0.5) is 0 Å². The van der Waals surface area contributed by atoms with E-state index < -0.39 is 10.8 Å². The summed E-state index contributed by atoms with van der Waals surface area (Å²) in [6, 6.07) is 22.2. The van der Waals surface area contributed by atoms with Gasteiger partial charge in [-0.25, -0.2) is 4.68 Å². The fourth-order valence-corrected chi connectivity index (χ4v) is 2.61. The highest BCUT2D eigenvalue weighted by molar-refractivity contribution is 7.97. The van der Waals surface area contributed by atoms with E-state index in [0.717, 1.165) is 22.5 Å². The Kier molecular flexibility index (Phi) is 11.0. The molecule has 1 N–H and O–H groups in total. The van der Waals surface area contributed by atoms with Crippen LogP contribution < -0.4 is 0 Å². The second kappa shape index (κ2) is 13.3. The van der Waals surface area contributed by atoms with Crippen molar-refractivity contribution in [3.63, 3.8) is 0 Å². The highest BCUT2D eigenvalue weighted by atomic mass is 32.2. The third kappa shape index (κ3) is 7.40. The van der Waals surface area contributed by atoms with E-state index in [-0.39, 0.29) is 0 Å². The number of aromatic nitrogens is 2. The van der Waals surface area contributed by atoms with Crippen LogP contribution in [0, 0.1) is 5.41 Å². The molecule has 0 saturated heterocycles. The van der Waals surface area contributed by atoms with Crippen LogP contribution in [0.5, 0.6) is 0 Å². The molecule has 148 valence electrons. The fourth-order valence-electron chi connectivity index (χ4n) is 2.33. The van der Waals surface area contributed by atoms with E-state index >= 15 is 0 Å². The maximum Gasteiger partial charge on any atom is 0.132 e. The van der Waals surface area contributed by atoms with E-state index in [1.54, 1.807) is 13.2 Å². The minimum absolute atomic E-state index is 0.344. The molecule has 5 nitrogen and oxygen atoms in total. The normalized spacial score (nSPS) is 11.0. The molecule has 1 aromatic heterocycles. The first kappa shape index (κ1) is 23.2.